The summed E-state index contributed by atoms with van der Waals surface area (Å²) < 4.78 is 18.2. The van der Waals surface area contributed by atoms with E-state index in [2.05, 4.69) is 5.32 Å². The molecule has 104 valence electrons. The Hall–Kier alpha value is -2.76. The van der Waals surface area contributed by atoms with Gasteiger partial charge in [-0.05, 0) is 24.3 Å². The Bertz CT molecular complexity index is 659. The van der Waals surface area contributed by atoms with Gasteiger partial charge in [-0.3, -0.25) is 4.79 Å². The van der Waals surface area contributed by atoms with Gasteiger partial charge in [0.2, 0.25) is 0 Å². The van der Waals surface area contributed by atoms with Crippen LogP contribution in [0.3, 0.4) is 0 Å². The van der Waals surface area contributed by atoms with Crippen LogP contribution < -0.4 is 15.8 Å². The van der Waals surface area contributed by atoms with Crippen LogP contribution in [-0.4, -0.2) is 18.1 Å². The predicted molar refractivity (Wildman–Crippen MR) is 73.4 cm³/mol. The molecule has 0 atom stereocenters. The summed E-state index contributed by atoms with van der Waals surface area (Å²) in [6.45, 7) is 0. The molecular formula is C14H13FN2O3. The lowest BCUT2D eigenvalue weighted by Crippen LogP contribution is -2.14. The summed E-state index contributed by atoms with van der Waals surface area (Å²) in [5, 5.41) is 11.6. The number of anilines is 2. The molecule has 20 heavy (non-hydrogen) atoms. The summed E-state index contributed by atoms with van der Waals surface area (Å²) in [6, 6.07) is 8.20. The fraction of sp³-hybridized carbons (Fsp3) is 0.0714. The molecule has 0 aliphatic heterocycles. The predicted octanol–water partition coefficient (Wildman–Crippen LogP) is 2.37. The minimum absolute atomic E-state index is 0.223. The van der Waals surface area contributed by atoms with E-state index in [9.17, 15) is 9.18 Å². The van der Waals surface area contributed by atoms with E-state index in [-0.39, 0.29) is 16.9 Å². The molecule has 6 heteroatoms. The van der Waals surface area contributed by atoms with Gasteiger partial charge in [-0.25, -0.2) is 4.39 Å². The number of amides is 1. The minimum atomic E-state index is -0.814. The number of nitrogen functional groups attached to an aromatic ring is 1. The van der Waals surface area contributed by atoms with E-state index in [4.69, 9.17) is 15.6 Å². The average Bonchev–Trinajstić information content (AvgIpc) is 2.42. The lowest BCUT2D eigenvalue weighted by atomic mass is 10.1. The monoisotopic (exact) mass is 276 g/mol. The molecule has 1 amide bonds. The van der Waals surface area contributed by atoms with Crippen molar-refractivity contribution in [3.63, 3.8) is 0 Å². The number of hydrogen-bond acceptors (Lipinski definition) is 4. The van der Waals surface area contributed by atoms with Gasteiger partial charge in [0, 0.05) is 23.5 Å². The number of benzene rings is 2. The van der Waals surface area contributed by atoms with Crippen LogP contribution in [0.1, 0.15) is 10.4 Å². The summed E-state index contributed by atoms with van der Waals surface area (Å²) in [7, 11) is 1.49. The molecule has 0 fully saturated rings. The number of methoxy groups -OCH3 is 1. The molecule has 2 aromatic carbocycles. The van der Waals surface area contributed by atoms with Gasteiger partial charge in [0.15, 0.2) is 11.6 Å². The van der Waals surface area contributed by atoms with E-state index >= 15 is 0 Å². The third-order valence-corrected chi connectivity index (χ3v) is 2.71. The molecule has 0 spiro atoms. The molecule has 0 unspecified atom stereocenters. The average molecular weight is 276 g/mol. The van der Waals surface area contributed by atoms with Crippen molar-refractivity contribution >= 4 is 17.3 Å². The second-order valence-electron chi connectivity index (χ2n) is 4.07. The largest absolute Gasteiger partial charge is 0.505 e. The van der Waals surface area contributed by atoms with Crippen molar-refractivity contribution in [3.8, 4) is 11.5 Å². The SMILES string of the molecule is COc1ccc(C(=O)Nc2ccc(O)c(F)c2)c(N)c1. The van der Waals surface area contributed by atoms with E-state index in [0.29, 0.717) is 5.75 Å². The van der Waals surface area contributed by atoms with Crippen molar-refractivity contribution in [1.29, 1.82) is 0 Å². The van der Waals surface area contributed by atoms with E-state index in [1.165, 1.54) is 25.3 Å². The Morgan fingerprint density at radius 3 is 2.65 bits per heavy atom. The van der Waals surface area contributed by atoms with Gasteiger partial charge in [0.05, 0.1) is 12.7 Å². The van der Waals surface area contributed by atoms with Gasteiger partial charge in [0.25, 0.3) is 5.91 Å². The topological polar surface area (TPSA) is 84.6 Å². The number of phenolic OH excluding ortho intramolecular Hbond substituents is 1. The van der Waals surface area contributed by atoms with Gasteiger partial charge in [-0.15, -0.1) is 0 Å². The lowest BCUT2D eigenvalue weighted by molar-refractivity contribution is 0.102. The maximum atomic E-state index is 13.2. The highest BCUT2D eigenvalue weighted by Crippen LogP contribution is 2.23. The Morgan fingerprint density at radius 2 is 2.05 bits per heavy atom. The van der Waals surface area contributed by atoms with E-state index in [1.54, 1.807) is 6.07 Å². The second-order valence-corrected chi connectivity index (χ2v) is 4.07. The first-order valence-electron chi connectivity index (χ1n) is 5.74. The number of ether oxygens (including phenoxy) is 1. The van der Waals surface area contributed by atoms with Crippen molar-refractivity contribution in [2.75, 3.05) is 18.2 Å². The highest BCUT2D eigenvalue weighted by Gasteiger charge is 2.12. The molecule has 0 saturated heterocycles. The maximum Gasteiger partial charge on any atom is 0.257 e. The Balaban J connectivity index is 2.21. The van der Waals surface area contributed by atoms with Crippen LogP contribution in [-0.2, 0) is 0 Å². The fourth-order valence-corrected chi connectivity index (χ4v) is 1.66. The molecular weight excluding hydrogens is 263 g/mol. The highest BCUT2D eigenvalue weighted by molar-refractivity contribution is 6.07. The Labute approximate surface area is 114 Å². The summed E-state index contributed by atoms with van der Waals surface area (Å²) in [4.78, 5) is 12.0. The van der Waals surface area contributed by atoms with Crippen molar-refractivity contribution in [1.82, 2.24) is 0 Å². The maximum absolute atomic E-state index is 13.2. The molecule has 2 rings (SSSR count). The van der Waals surface area contributed by atoms with Crippen molar-refractivity contribution in [2.24, 2.45) is 0 Å². The number of nitrogens with two attached hydrogens (primary N) is 1. The van der Waals surface area contributed by atoms with Crippen LogP contribution >= 0.6 is 0 Å². The van der Waals surface area contributed by atoms with E-state index in [1.807, 2.05) is 0 Å². The lowest BCUT2D eigenvalue weighted by Gasteiger charge is -2.09. The summed E-state index contributed by atoms with van der Waals surface area (Å²) in [6.07, 6.45) is 0. The van der Waals surface area contributed by atoms with Gasteiger partial charge < -0.3 is 20.9 Å². The number of carbonyl (C=O) groups is 1. The fourth-order valence-electron chi connectivity index (χ4n) is 1.66. The van der Waals surface area contributed by atoms with Gasteiger partial charge in [0.1, 0.15) is 5.75 Å². The van der Waals surface area contributed by atoms with Crippen LogP contribution in [0.25, 0.3) is 0 Å². The molecule has 0 aliphatic carbocycles. The first-order chi connectivity index (χ1) is 9.51. The molecule has 4 N–H and O–H groups in total. The van der Waals surface area contributed by atoms with Crippen LogP contribution in [0.4, 0.5) is 15.8 Å². The number of rotatable bonds is 3. The molecule has 0 aromatic heterocycles. The van der Waals surface area contributed by atoms with Crippen molar-refractivity contribution < 1.29 is 19.0 Å². The number of nitrogens with one attached hydrogen (secondary N) is 1. The van der Waals surface area contributed by atoms with Gasteiger partial charge in [-0.2, -0.15) is 0 Å². The van der Waals surface area contributed by atoms with E-state index in [0.717, 1.165) is 12.1 Å². The zero-order valence-corrected chi connectivity index (χ0v) is 10.7. The molecule has 0 heterocycles. The molecule has 0 radical (unpaired) electrons. The molecule has 5 nitrogen and oxygen atoms in total. The van der Waals surface area contributed by atoms with Gasteiger partial charge in [-0.1, -0.05) is 0 Å². The quantitative estimate of drug-likeness (QED) is 0.593. The number of halogens is 1. The third kappa shape index (κ3) is 2.80. The zero-order valence-electron chi connectivity index (χ0n) is 10.7. The first-order valence-corrected chi connectivity index (χ1v) is 5.74. The standard InChI is InChI=1S/C14H13FN2O3/c1-20-9-3-4-10(12(16)7-9)14(19)17-8-2-5-13(18)11(15)6-8/h2-7,18H,16H2,1H3,(H,17,19). The molecule has 0 saturated carbocycles. The number of phenols is 1. The zero-order chi connectivity index (χ0) is 14.7. The summed E-state index contributed by atoms with van der Waals surface area (Å²) in [5.41, 5.74) is 6.47. The van der Waals surface area contributed by atoms with Crippen LogP contribution in [0, 0.1) is 5.82 Å². The molecule has 2 aromatic rings. The van der Waals surface area contributed by atoms with Gasteiger partial charge >= 0.3 is 0 Å². The smallest absolute Gasteiger partial charge is 0.257 e. The first kappa shape index (κ1) is 13.7. The van der Waals surface area contributed by atoms with Crippen LogP contribution in [0.2, 0.25) is 0 Å². The van der Waals surface area contributed by atoms with Crippen molar-refractivity contribution in [2.45, 2.75) is 0 Å². The summed E-state index contributed by atoms with van der Waals surface area (Å²) in [5.74, 6) is -1.23. The number of hydrogen-bond donors (Lipinski definition) is 3. The van der Waals surface area contributed by atoms with E-state index < -0.39 is 17.5 Å². The Kier molecular flexibility index (Phi) is 3.74. The molecule has 0 aliphatic rings. The normalized spacial score (nSPS) is 10.1. The number of aromatic hydroxyl groups is 1. The minimum Gasteiger partial charge on any atom is -0.505 e. The Morgan fingerprint density at radius 1 is 1.30 bits per heavy atom. The second kappa shape index (κ2) is 5.48. The highest BCUT2D eigenvalue weighted by atomic mass is 19.1. The van der Waals surface area contributed by atoms with Crippen LogP contribution in [0.15, 0.2) is 36.4 Å². The molecule has 0 bridgehead atoms. The number of carbonyl (C=O) groups excluding carboxylic acids is 1. The van der Waals surface area contributed by atoms with Crippen LogP contribution in [0.5, 0.6) is 11.5 Å². The third-order valence-electron chi connectivity index (χ3n) is 2.71. The van der Waals surface area contributed by atoms with Crippen molar-refractivity contribution in [3.05, 3.63) is 47.8 Å². The summed E-state index contributed by atoms with van der Waals surface area (Å²) >= 11 is 0.